The number of rotatable bonds is 7. The van der Waals surface area contributed by atoms with Crippen molar-refractivity contribution in [2.75, 3.05) is 26.0 Å². The van der Waals surface area contributed by atoms with E-state index in [9.17, 15) is 13.2 Å². The van der Waals surface area contributed by atoms with Gasteiger partial charge in [0.1, 0.15) is 5.75 Å². The zero-order valence-corrected chi connectivity index (χ0v) is 15.6. The lowest BCUT2D eigenvalue weighted by Gasteiger charge is -2.32. The molecule has 2 N–H and O–H groups in total. The Morgan fingerprint density at radius 1 is 1.24 bits per heavy atom. The second-order valence-electron chi connectivity index (χ2n) is 6.20. The third kappa shape index (κ3) is 6.21. The Morgan fingerprint density at radius 2 is 1.88 bits per heavy atom. The van der Waals surface area contributed by atoms with Crippen molar-refractivity contribution in [2.45, 2.75) is 38.8 Å². The average Bonchev–Trinajstić information content (AvgIpc) is 2.60. The summed E-state index contributed by atoms with van der Waals surface area (Å²) in [4.78, 5) is 14.0. The Bertz CT molecular complexity index is 653. The zero-order chi connectivity index (χ0) is 18.3. The fourth-order valence-electron chi connectivity index (χ4n) is 2.81. The van der Waals surface area contributed by atoms with E-state index in [1.54, 1.807) is 12.0 Å². The van der Waals surface area contributed by atoms with Crippen molar-refractivity contribution in [2.24, 2.45) is 0 Å². The van der Waals surface area contributed by atoms with Crippen LogP contribution >= 0.6 is 0 Å². The van der Waals surface area contributed by atoms with Crippen LogP contribution in [-0.2, 0) is 16.6 Å². The summed E-state index contributed by atoms with van der Waals surface area (Å²) in [6, 6.07) is 7.33. The lowest BCUT2D eigenvalue weighted by Crippen LogP contribution is -2.49. The number of hydrogen-bond acceptors (Lipinski definition) is 4. The van der Waals surface area contributed by atoms with Crippen molar-refractivity contribution in [3.63, 3.8) is 0 Å². The third-order valence-corrected chi connectivity index (χ3v) is 5.84. The van der Waals surface area contributed by atoms with Crippen molar-refractivity contribution < 1.29 is 17.9 Å². The van der Waals surface area contributed by atoms with Crippen LogP contribution in [0.2, 0.25) is 0 Å². The Morgan fingerprint density at radius 3 is 2.44 bits per heavy atom. The molecule has 0 radical (unpaired) electrons. The molecule has 1 heterocycles. The number of amides is 2. The first kappa shape index (κ1) is 19.5. The molecule has 0 spiro atoms. The molecule has 2 rings (SSSR count). The van der Waals surface area contributed by atoms with E-state index in [1.807, 2.05) is 31.2 Å². The minimum absolute atomic E-state index is 0.0813. The van der Waals surface area contributed by atoms with Crippen LogP contribution in [0, 0.1) is 0 Å². The van der Waals surface area contributed by atoms with E-state index >= 15 is 0 Å². The number of sulfonamides is 1. The number of ether oxygens (including phenoxy) is 1. The first-order chi connectivity index (χ1) is 11.9. The second kappa shape index (κ2) is 9.05. The monoisotopic (exact) mass is 369 g/mol. The van der Waals surface area contributed by atoms with Crippen LogP contribution in [0.3, 0.4) is 0 Å². The summed E-state index contributed by atoms with van der Waals surface area (Å²) >= 11 is 0. The SMILES string of the molecule is CCCS(=O)(=O)NC1CCN(C(=O)NCc2ccc(OC)cc2)CC1. The third-order valence-electron chi connectivity index (χ3n) is 4.20. The highest BCUT2D eigenvalue weighted by atomic mass is 32.2. The Kier molecular flexibility index (Phi) is 7.07. The molecule has 1 aliphatic rings. The number of hydrogen-bond donors (Lipinski definition) is 2. The fraction of sp³-hybridized carbons (Fsp3) is 0.588. The number of piperidine rings is 1. The maximum Gasteiger partial charge on any atom is 0.317 e. The van der Waals surface area contributed by atoms with Crippen LogP contribution in [0.1, 0.15) is 31.7 Å². The van der Waals surface area contributed by atoms with Gasteiger partial charge in [0.25, 0.3) is 0 Å². The van der Waals surface area contributed by atoms with Crippen molar-refractivity contribution in [1.82, 2.24) is 14.9 Å². The summed E-state index contributed by atoms with van der Waals surface area (Å²) < 4.78 is 31.4. The fourth-order valence-corrected chi connectivity index (χ4v) is 4.21. The molecule has 1 saturated heterocycles. The molecule has 1 aliphatic heterocycles. The molecule has 0 aromatic heterocycles. The first-order valence-corrected chi connectivity index (χ1v) is 10.2. The lowest BCUT2D eigenvalue weighted by molar-refractivity contribution is 0.179. The predicted octanol–water partition coefficient (Wildman–Crippen LogP) is 1.70. The van der Waals surface area contributed by atoms with Crippen LogP contribution < -0.4 is 14.8 Å². The maximum atomic E-state index is 12.2. The number of urea groups is 1. The Labute approximate surface area is 149 Å². The molecule has 1 aromatic carbocycles. The highest BCUT2D eigenvalue weighted by Crippen LogP contribution is 2.13. The molecule has 0 atom stereocenters. The largest absolute Gasteiger partial charge is 0.497 e. The number of methoxy groups -OCH3 is 1. The van der Waals surface area contributed by atoms with Gasteiger partial charge in [0.05, 0.1) is 12.9 Å². The minimum Gasteiger partial charge on any atom is -0.497 e. The Balaban J connectivity index is 1.75. The smallest absolute Gasteiger partial charge is 0.317 e. The maximum absolute atomic E-state index is 12.2. The van der Waals surface area contributed by atoms with Crippen molar-refractivity contribution in [1.29, 1.82) is 0 Å². The number of carbonyl (C=O) groups excluding carboxylic acids is 1. The highest BCUT2D eigenvalue weighted by molar-refractivity contribution is 7.89. The van der Waals surface area contributed by atoms with Gasteiger partial charge in [-0.2, -0.15) is 0 Å². The van der Waals surface area contributed by atoms with E-state index < -0.39 is 10.0 Å². The summed E-state index contributed by atoms with van der Waals surface area (Å²) in [6.07, 6.45) is 1.87. The number of likely N-dealkylation sites (tertiary alicyclic amines) is 1. The molecule has 0 saturated carbocycles. The summed E-state index contributed by atoms with van der Waals surface area (Å²) in [6.45, 7) is 3.39. The minimum atomic E-state index is -3.20. The van der Waals surface area contributed by atoms with Gasteiger partial charge in [-0.25, -0.2) is 17.9 Å². The van der Waals surface area contributed by atoms with Gasteiger partial charge in [0, 0.05) is 25.7 Å². The van der Waals surface area contributed by atoms with Gasteiger partial charge in [-0.15, -0.1) is 0 Å². The van der Waals surface area contributed by atoms with Crippen molar-refractivity contribution >= 4 is 16.1 Å². The number of nitrogens with one attached hydrogen (secondary N) is 2. The molecular weight excluding hydrogens is 342 g/mol. The summed E-state index contributed by atoms with van der Waals surface area (Å²) in [5.74, 6) is 0.929. The molecule has 25 heavy (non-hydrogen) atoms. The summed E-state index contributed by atoms with van der Waals surface area (Å²) in [5, 5.41) is 2.90. The van der Waals surface area contributed by atoms with Crippen LogP contribution in [0.5, 0.6) is 5.75 Å². The van der Waals surface area contributed by atoms with E-state index in [0.29, 0.717) is 38.9 Å². The topological polar surface area (TPSA) is 87.7 Å². The van der Waals surface area contributed by atoms with E-state index in [1.165, 1.54) is 0 Å². The summed E-state index contributed by atoms with van der Waals surface area (Å²) in [5.41, 5.74) is 0.997. The van der Waals surface area contributed by atoms with Gasteiger partial charge in [-0.1, -0.05) is 19.1 Å². The van der Waals surface area contributed by atoms with Gasteiger partial charge >= 0.3 is 6.03 Å². The molecule has 0 aliphatic carbocycles. The van der Waals surface area contributed by atoms with Crippen LogP contribution in [0.15, 0.2) is 24.3 Å². The van der Waals surface area contributed by atoms with E-state index in [-0.39, 0.29) is 17.8 Å². The van der Waals surface area contributed by atoms with Crippen LogP contribution in [-0.4, -0.2) is 51.3 Å². The first-order valence-electron chi connectivity index (χ1n) is 8.59. The van der Waals surface area contributed by atoms with E-state index in [2.05, 4.69) is 10.0 Å². The van der Waals surface area contributed by atoms with E-state index in [0.717, 1.165) is 11.3 Å². The van der Waals surface area contributed by atoms with Crippen molar-refractivity contribution in [3.8, 4) is 5.75 Å². The number of benzene rings is 1. The molecule has 1 aromatic rings. The quantitative estimate of drug-likeness (QED) is 0.766. The lowest BCUT2D eigenvalue weighted by atomic mass is 10.1. The number of carbonyl (C=O) groups is 1. The average molecular weight is 369 g/mol. The zero-order valence-electron chi connectivity index (χ0n) is 14.8. The van der Waals surface area contributed by atoms with Crippen LogP contribution in [0.25, 0.3) is 0 Å². The van der Waals surface area contributed by atoms with Gasteiger partial charge in [-0.3, -0.25) is 0 Å². The molecule has 2 amide bonds. The van der Waals surface area contributed by atoms with Crippen LogP contribution in [0.4, 0.5) is 4.79 Å². The molecule has 0 unspecified atom stereocenters. The van der Waals surface area contributed by atoms with Gasteiger partial charge < -0.3 is 15.0 Å². The molecule has 8 heteroatoms. The predicted molar refractivity (Wildman–Crippen MR) is 97.0 cm³/mol. The van der Waals surface area contributed by atoms with Gasteiger partial charge in [0.15, 0.2) is 0 Å². The molecule has 7 nitrogen and oxygen atoms in total. The Hall–Kier alpha value is -1.80. The molecular formula is C17H27N3O4S. The van der Waals surface area contributed by atoms with Crippen molar-refractivity contribution in [3.05, 3.63) is 29.8 Å². The molecule has 140 valence electrons. The van der Waals surface area contributed by atoms with Gasteiger partial charge in [-0.05, 0) is 37.0 Å². The number of nitrogens with zero attached hydrogens (tertiary/aromatic N) is 1. The highest BCUT2D eigenvalue weighted by Gasteiger charge is 2.25. The molecule has 0 bridgehead atoms. The second-order valence-corrected chi connectivity index (χ2v) is 8.08. The van der Waals surface area contributed by atoms with Gasteiger partial charge in [0.2, 0.25) is 10.0 Å². The standard InChI is InChI=1S/C17H27N3O4S/c1-3-12-25(22,23)19-15-8-10-20(11-9-15)17(21)18-13-14-4-6-16(24-2)7-5-14/h4-7,15,19H,3,8-13H2,1-2H3,(H,18,21). The normalized spacial score (nSPS) is 15.8. The molecule has 1 fully saturated rings. The summed E-state index contributed by atoms with van der Waals surface area (Å²) in [7, 11) is -1.59. The van der Waals surface area contributed by atoms with E-state index in [4.69, 9.17) is 4.74 Å².